The van der Waals surface area contributed by atoms with E-state index in [1.807, 2.05) is 26.0 Å². The molecule has 5 heteroatoms. The number of carbonyl (C=O) groups excluding carboxylic acids is 1. The molecule has 98 valence electrons. The summed E-state index contributed by atoms with van der Waals surface area (Å²) in [6, 6.07) is 9.01. The summed E-state index contributed by atoms with van der Waals surface area (Å²) in [7, 11) is 0. The Bertz CT molecular complexity index is 593. The Morgan fingerprint density at radius 2 is 1.89 bits per heavy atom. The molecule has 1 amide bonds. The van der Waals surface area contributed by atoms with Crippen molar-refractivity contribution in [3.63, 3.8) is 0 Å². The number of nitrogens with zero attached hydrogens (tertiary/aromatic N) is 2. The maximum Gasteiger partial charge on any atom is 0.258 e. The van der Waals surface area contributed by atoms with Crippen LogP contribution < -0.4 is 5.32 Å². The molecule has 0 aliphatic carbocycles. The van der Waals surface area contributed by atoms with Gasteiger partial charge in [-0.05, 0) is 37.6 Å². The molecule has 4 nitrogen and oxygen atoms in total. The van der Waals surface area contributed by atoms with Crippen LogP contribution in [0.5, 0.6) is 0 Å². The van der Waals surface area contributed by atoms with E-state index in [4.69, 9.17) is 11.6 Å². The molecule has 0 fully saturated rings. The summed E-state index contributed by atoms with van der Waals surface area (Å²) in [5, 5.41) is 2.69. The number of rotatable bonds is 3. The molecule has 0 saturated carbocycles. The van der Waals surface area contributed by atoms with Crippen molar-refractivity contribution in [2.24, 2.45) is 0 Å². The van der Waals surface area contributed by atoms with Crippen LogP contribution >= 0.6 is 11.6 Å². The van der Waals surface area contributed by atoms with Crippen LogP contribution in [0.4, 0.5) is 5.95 Å². The number of nitrogens with one attached hydrogen (secondary N) is 1. The van der Waals surface area contributed by atoms with Crippen molar-refractivity contribution in [3.05, 3.63) is 52.8 Å². The van der Waals surface area contributed by atoms with Crippen LogP contribution in [0, 0.1) is 13.8 Å². The minimum absolute atomic E-state index is 0.239. The minimum atomic E-state index is -0.239. The van der Waals surface area contributed by atoms with E-state index in [-0.39, 0.29) is 5.91 Å². The average Bonchev–Trinajstić information content (AvgIpc) is 2.37. The Morgan fingerprint density at radius 3 is 2.53 bits per heavy atom. The van der Waals surface area contributed by atoms with Crippen LogP contribution in [0.15, 0.2) is 30.3 Å². The van der Waals surface area contributed by atoms with Crippen LogP contribution in [-0.4, -0.2) is 15.9 Å². The van der Waals surface area contributed by atoms with Crippen LogP contribution in [0.1, 0.15) is 27.3 Å². The van der Waals surface area contributed by atoms with Gasteiger partial charge in [0, 0.05) is 22.8 Å². The molecule has 1 aromatic heterocycles. The van der Waals surface area contributed by atoms with Gasteiger partial charge in [-0.1, -0.05) is 12.1 Å². The summed E-state index contributed by atoms with van der Waals surface area (Å²) in [6.07, 6.45) is 0. The summed E-state index contributed by atoms with van der Waals surface area (Å²) >= 11 is 5.75. The molecule has 1 N–H and O–H groups in total. The van der Waals surface area contributed by atoms with Gasteiger partial charge >= 0.3 is 0 Å². The lowest BCUT2D eigenvalue weighted by atomic mass is 10.1. The first-order chi connectivity index (χ1) is 9.08. The highest BCUT2D eigenvalue weighted by atomic mass is 35.5. The molecule has 0 bridgehead atoms. The smallest absolute Gasteiger partial charge is 0.258 e. The highest BCUT2D eigenvalue weighted by Crippen LogP contribution is 2.10. The molecule has 2 aromatic rings. The van der Waals surface area contributed by atoms with E-state index < -0.39 is 0 Å². The molecule has 0 aliphatic heterocycles. The molecule has 0 saturated heterocycles. The van der Waals surface area contributed by atoms with E-state index >= 15 is 0 Å². The second-order valence-corrected chi connectivity index (χ2v) is 4.53. The monoisotopic (exact) mass is 275 g/mol. The van der Waals surface area contributed by atoms with Gasteiger partial charge in [-0.15, -0.1) is 11.6 Å². The van der Waals surface area contributed by atoms with Crippen LogP contribution in [0.25, 0.3) is 0 Å². The van der Waals surface area contributed by atoms with Crippen LogP contribution in [0.3, 0.4) is 0 Å². The number of carbonyl (C=O) groups is 1. The second-order valence-electron chi connectivity index (χ2n) is 4.26. The highest BCUT2D eigenvalue weighted by molar-refractivity contribution is 6.17. The van der Waals surface area contributed by atoms with Gasteiger partial charge < -0.3 is 0 Å². The molecule has 0 spiro atoms. The first-order valence-corrected chi connectivity index (χ1v) is 6.40. The van der Waals surface area contributed by atoms with E-state index in [0.29, 0.717) is 17.4 Å². The number of aryl methyl sites for hydroxylation is 2. The van der Waals surface area contributed by atoms with Crippen molar-refractivity contribution in [2.75, 3.05) is 5.32 Å². The first-order valence-electron chi connectivity index (χ1n) is 5.87. The Hall–Kier alpha value is -1.94. The minimum Gasteiger partial charge on any atom is -0.290 e. The quantitative estimate of drug-likeness (QED) is 0.876. The average molecular weight is 276 g/mol. The Morgan fingerprint density at radius 1 is 1.21 bits per heavy atom. The summed E-state index contributed by atoms with van der Waals surface area (Å²) in [5.41, 5.74) is 3.08. The van der Waals surface area contributed by atoms with Crippen molar-refractivity contribution in [3.8, 4) is 0 Å². The molecular formula is C14H14ClN3O. The van der Waals surface area contributed by atoms with Crippen molar-refractivity contribution < 1.29 is 4.79 Å². The molecule has 0 aliphatic rings. The molecule has 19 heavy (non-hydrogen) atoms. The maximum absolute atomic E-state index is 12.1. The van der Waals surface area contributed by atoms with Crippen molar-refractivity contribution in [1.29, 1.82) is 0 Å². The zero-order valence-electron chi connectivity index (χ0n) is 10.8. The lowest BCUT2D eigenvalue weighted by Crippen LogP contribution is -2.15. The molecule has 0 radical (unpaired) electrons. The summed E-state index contributed by atoms with van der Waals surface area (Å²) in [4.78, 5) is 20.4. The molecule has 0 atom stereocenters. The predicted octanol–water partition coefficient (Wildman–Crippen LogP) is 3.08. The zero-order valence-corrected chi connectivity index (χ0v) is 11.5. The summed E-state index contributed by atoms with van der Waals surface area (Å²) < 4.78 is 0. The fourth-order valence-corrected chi connectivity index (χ4v) is 1.92. The lowest BCUT2D eigenvalue weighted by Gasteiger charge is -2.06. The standard InChI is InChI=1S/C14H14ClN3O/c1-9-6-10(2)17-14(16-9)18-13(19)12-5-3-4-11(7-12)8-15/h3-7H,8H2,1-2H3,(H,16,17,18,19). The Balaban J connectivity index is 2.20. The number of halogens is 1. The van der Waals surface area contributed by atoms with Crippen molar-refractivity contribution >= 4 is 23.5 Å². The molecule has 2 rings (SSSR count). The van der Waals surface area contributed by atoms with E-state index in [9.17, 15) is 4.79 Å². The zero-order chi connectivity index (χ0) is 13.8. The molecular weight excluding hydrogens is 262 g/mol. The number of alkyl halides is 1. The SMILES string of the molecule is Cc1cc(C)nc(NC(=O)c2cccc(CCl)c2)n1. The highest BCUT2D eigenvalue weighted by Gasteiger charge is 2.09. The van der Waals surface area contributed by atoms with Crippen LogP contribution in [0.2, 0.25) is 0 Å². The number of hydrogen-bond donors (Lipinski definition) is 1. The normalized spacial score (nSPS) is 10.3. The van der Waals surface area contributed by atoms with E-state index in [1.54, 1.807) is 18.2 Å². The van der Waals surface area contributed by atoms with Gasteiger partial charge in [0.25, 0.3) is 5.91 Å². The van der Waals surface area contributed by atoms with E-state index in [2.05, 4.69) is 15.3 Å². The lowest BCUT2D eigenvalue weighted by molar-refractivity contribution is 0.102. The number of amides is 1. The Labute approximate surface area is 116 Å². The molecule has 0 unspecified atom stereocenters. The number of aromatic nitrogens is 2. The number of anilines is 1. The van der Waals surface area contributed by atoms with Crippen LogP contribution in [-0.2, 0) is 5.88 Å². The fraction of sp³-hybridized carbons (Fsp3) is 0.214. The van der Waals surface area contributed by atoms with Crippen molar-refractivity contribution in [2.45, 2.75) is 19.7 Å². The van der Waals surface area contributed by atoms with Gasteiger partial charge in [0.2, 0.25) is 5.95 Å². The van der Waals surface area contributed by atoms with Gasteiger partial charge in [-0.25, -0.2) is 9.97 Å². The van der Waals surface area contributed by atoms with Gasteiger partial charge in [-0.3, -0.25) is 10.1 Å². The third kappa shape index (κ3) is 3.51. The van der Waals surface area contributed by atoms with Gasteiger partial charge in [0.1, 0.15) is 0 Å². The number of hydrogen-bond acceptors (Lipinski definition) is 3. The molecule has 1 aromatic carbocycles. The fourth-order valence-electron chi connectivity index (χ4n) is 1.75. The third-order valence-corrected chi connectivity index (χ3v) is 2.86. The van der Waals surface area contributed by atoms with Gasteiger partial charge in [-0.2, -0.15) is 0 Å². The van der Waals surface area contributed by atoms with Crippen molar-refractivity contribution in [1.82, 2.24) is 9.97 Å². The van der Waals surface area contributed by atoms with Gasteiger partial charge in [0.15, 0.2) is 0 Å². The largest absolute Gasteiger partial charge is 0.290 e. The maximum atomic E-state index is 12.1. The Kier molecular flexibility index (Phi) is 4.12. The van der Waals surface area contributed by atoms with E-state index in [0.717, 1.165) is 17.0 Å². The van der Waals surface area contributed by atoms with E-state index in [1.165, 1.54) is 0 Å². The topological polar surface area (TPSA) is 54.9 Å². The first kappa shape index (κ1) is 13.5. The second kappa shape index (κ2) is 5.80. The third-order valence-electron chi connectivity index (χ3n) is 2.55. The molecule has 1 heterocycles. The summed E-state index contributed by atoms with van der Waals surface area (Å²) in [6.45, 7) is 3.72. The summed E-state index contributed by atoms with van der Waals surface area (Å²) in [5.74, 6) is 0.456. The van der Waals surface area contributed by atoms with Gasteiger partial charge in [0.05, 0.1) is 0 Å². The number of benzene rings is 1. The predicted molar refractivity (Wildman–Crippen MR) is 75.5 cm³/mol.